The molecule has 19 heavy (non-hydrogen) atoms. The molecule has 1 unspecified atom stereocenters. The fraction of sp³-hybridized carbons (Fsp3) is 0.400. The van der Waals surface area contributed by atoms with E-state index >= 15 is 0 Å². The van der Waals surface area contributed by atoms with Crippen LogP contribution in [-0.4, -0.2) is 36.8 Å². The highest BCUT2D eigenvalue weighted by atomic mass is 31.2. The lowest BCUT2D eigenvalue weighted by Gasteiger charge is -2.13. The van der Waals surface area contributed by atoms with E-state index in [-0.39, 0.29) is 5.56 Å². The van der Waals surface area contributed by atoms with Crippen LogP contribution in [0.5, 0.6) is 0 Å². The second kappa shape index (κ2) is 5.26. The van der Waals surface area contributed by atoms with Crippen molar-refractivity contribution in [1.82, 2.24) is 14.6 Å². The minimum atomic E-state index is -4.17. The molecule has 2 aromatic rings. The second-order valence-electron chi connectivity index (χ2n) is 4.21. The van der Waals surface area contributed by atoms with Crippen molar-refractivity contribution in [1.29, 1.82) is 0 Å². The van der Waals surface area contributed by atoms with Crippen molar-refractivity contribution in [2.24, 2.45) is 0 Å². The van der Waals surface area contributed by atoms with Crippen LogP contribution in [-0.2, 0) is 15.7 Å². The third-order valence-corrected chi connectivity index (χ3v) is 3.04. The molecule has 2 rings (SSSR count). The van der Waals surface area contributed by atoms with Crippen LogP contribution < -0.4 is 5.56 Å². The van der Waals surface area contributed by atoms with Crippen LogP contribution in [0.2, 0.25) is 0 Å². The molecule has 0 aromatic carbocycles. The fourth-order valence-corrected chi connectivity index (χ4v) is 2.18. The molecule has 2 aromatic heterocycles. The summed E-state index contributed by atoms with van der Waals surface area (Å²) in [7, 11) is -4.17. The largest absolute Gasteiger partial charge is 0.365 e. The summed E-state index contributed by atoms with van der Waals surface area (Å²) in [5.74, 6) is 0. The Hall–Kier alpha value is -1.47. The van der Waals surface area contributed by atoms with Gasteiger partial charge in [0.05, 0.1) is 6.10 Å². The van der Waals surface area contributed by atoms with Gasteiger partial charge in [0, 0.05) is 12.1 Å². The highest BCUT2D eigenvalue weighted by Gasteiger charge is 2.16. The summed E-state index contributed by atoms with van der Waals surface area (Å²) in [6, 6.07) is 3.37. The highest BCUT2D eigenvalue weighted by Crippen LogP contribution is 2.34. The quantitative estimate of drug-likeness (QED) is 0.672. The Morgan fingerprint density at radius 3 is 2.95 bits per heavy atom. The molecule has 0 aliphatic carbocycles. The van der Waals surface area contributed by atoms with Crippen molar-refractivity contribution in [3.8, 4) is 0 Å². The number of nitrogens with one attached hydrogen (secondary N) is 1. The van der Waals surface area contributed by atoms with Gasteiger partial charge in [-0.1, -0.05) is 0 Å². The zero-order chi connectivity index (χ0) is 14.0. The van der Waals surface area contributed by atoms with Gasteiger partial charge in [-0.3, -0.25) is 9.36 Å². The average Bonchev–Trinajstić information content (AvgIpc) is 2.71. The molecule has 104 valence electrons. The van der Waals surface area contributed by atoms with Gasteiger partial charge < -0.3 is 19.5 Å². The molecule has 0 amide bonds. The average molecular weight is 287 g/mol. The third kappa shape index (κ3) is 3.51. The summed E-state index contributed by atoms with van der Waals surface area (Å²) in [4.78, 5) is 31.4. The SMILES string of the molecule is CC(Cc1ccc2c(=O)[nH]cnn12)OCP(=O)(O)O. The zero-order valence-electron chi connectivity index (χ0n) is 10.2. The van der Waals surface area contributed by atoms with Crippen LogP contribution in [0.3, 0.4) is 0 Å². The lowest BCUT2D eigenvalue weighted by molar-refractivity contribution is 0.0877. The first kappa shape index (κ1) is 14.0. The summed E-state index contributed by atoms with van der Waals surface area (Å²) in [6.07, 6.45) is 0.669. The number of rotatable bonds is 5. The van der Waals surface area contributed by atoms with Crippen LogP contribution in [0.25, 0.3) is 5.52 Å². The molecule has 0 saturated carbocycles. The van der Waals surface area contributed by atoms with Gasteiger partial charge >= 0.3 is 7.60 Å². The van der Waals surface area contributed by atoms with Crippen LogP contribution in [0.15, 0.2) is 23.3 Å². The maximum absolute atomic E-state index is 11.5. The van der Waals surface area contributed by atoms with Gasteiger partial charge in [-0.2, -0.15) is 5.10 Å². The van der Waals surface area contributed by atoms with E-state index in [2.05, 4.69) is 10.1 Å². The number of aromatic nitrogens is 3. The van der Waals surface area contributed by atoms with E-state index in [0.717, 1.165) is 5.69 Å². The van der Waals surface area contributed by atoms with Gasteiger partial charge in [-0.25, -0.2) is 4.52 Å². The first-order chi connectivity index (χ1) is 8.87. The van der Waals surface area contributed by atoms with Gasteiger partial charge in [0.25, 0.3) is 5.56 Å². The minimum absolute atomic E-state index is 0.245. The zero-order valence-corrected chi connectivity index (χ0v) is 11.1. The molecule has 0 aliphatic rings. The Labute approximate surface area is 108 Å². The summed E-state index contributed by atoms with van der Waals surface area (Å²) in [5.41, 5.74) is 0.907. The van der Waals surface area contributed by atoms with E-state index in [4.69, 9.17) is 14.5 Å². The normalized spacial score (nSPS) is 13.8. The molecule has 3 N–H and O–H groups in total. The smallest absolute Gasteiger partial charge is 0.350 e. The molecule has 0 saturated heterocycles. The molecule has 0 aliphatic heterocycles. The van der Waals surface area contributed by atoms with Gasteiger partial charge in [0.2, 0.25) is 0 Å². The van der Waals surface area contributed by atoms with E-state index in [0.29, 0.717) is 11.9 Å². The molecule has 8 nitrogen and oxygen atoms in total. The van der Waals surface area contributed by atoms with E-state index in [1.807, 2.05) is 0 Å². The molecule has 9 heteroatoms. The molecule has 0 spiro atoms. The summed E-state index contributed by atoms with van der Waals surface area (Å²) < 4.78 is 17.3. The van der Waals surface area contributed by atoms with Crippen LogP contribution in [0, 0.1) is 0 Å². The lowest BCUT2D eigenvalue weighted by atomic mass is 10.2. The monoisotopic (exact) mass is 287 g/mol. The van der Waals surface area contributed by atoms with E-state index in [9.17, 15) is 9.36 Å². The Morgan fingerprint density at radius 1 is 1.53 bits per heavy atom. The Kier molecular flexibility index (Phi) is 3.86. The van der Waals surface area contributed by atoms with Gasteiger partial charge in [0.1, 0.15) is 18.2 Å². The third-order valence-electron chi connectivity index (χ3n) is 2.56. The van der Waals surface area contributed by atoms with Crippen molar-refractivity contribution < 1.29 is 19.1 Å². The van der Waals surface area contributed by atoms with Gasteiger partial charge in [0.15, 0.2) is 0 Å². The highest BCUT2D eigenvalue weighted by molar-refractivity contribution is 7.51. The first-order valence-corrected chi connectivity index (χ1v) is 7.37. The fourth-order valence-electron chi connectivity index (χ4n) is 1.73. The van der Waals surface area contributed by atoms with Gasteiger partial charge in [-0.15, -0.1) is 0 Å². The standard InChI is InChI=1S/C10H14N3O5P/c1-7(18-6-19(15,16)17)4-8-2-3-9-10(14)11-5-12-13(8)9/h2-3,5,7H,4,6H2,1H3,(H,11,12,14)(H2,15,16,17). The van der Waals surface area contributed by atoms with Crippen LogP contribution >= 0.6 is 7.60 Å². The maximum Gasteiger partial charge on any atom is 0.350 e. The van der Waals surface area contributed by atoms with Crippen LogP contribution in [0.4, 0.5) is 0 Å². The number of nitrogens with zero attached hydrogens (tertiary/aromatic N) is 2. The van der Waals surface area contributed by atoms with E-state index in [1.165, 1.54) is 10.8 Å². The maximum atomic E-state index is 11.5. The summed E-state index contributed by atoms with van der Waals surface area (Å²) in [5, 5.41) is 4.02. The first-order valence-electron chi connectivity index (χ1n) is 5.57. The number of ether oxygens (including phenoxy) is 1. The number of hydrogen-bond donors (Lipinski definition) is 3. The number of fused-ring (bicyclic) bond motifs is 1. The number of H-pyrrole nitrogens is 1. The lowest BCUT2D eigenvalue weighted by Crippen LogP contribution is -2.16. The van der Waals surface area contributed by atoms with Crippen molar-refractivity contribution in [3.63, 3.8) is 0 Å². The molecular formula is C10H14N3O5P. The molecule has 0 radical (unpaired) electrons. The molecule has 0 fully saturated rings. The number of hydrogen-bond acceptors (Lipinski definition) is 4. The molecule has 2 heterocycles. The molecular weight excluding hydrogens is 273 g/mol. The predicted octanol–water partition coefficient (Wildman–Crippen LogP) is 0.105. The number of aromatic amines is 1. The van der Waals surface area contributed by atoms with E-state index < -0.39 is 20.0 Å². The van der Waals surface area contributed by atoms with Gasteiger partial charge in [-0.05, 0) is 19.1 Å². The van der Waals surface area contributed by atoms with Crippen molar-refractivity contribution >= 4 is 13.1 Å². The van der Waals surface area contributed by atoms with Crippen molar-refractivity contribution in [2.75, 3.05) is 6.35 Å². The van der Waals surface area contributed by atoms with Crippen molar-refractivity contribution in [3.05, 3.63) is 34.5 Å². The Balaban J connectivity index is 2.11. The molecule has 1 atom stereocenters. The Bertz CT molecular complexity index is 673. The second-order valence-corrected chi connectivity index (χ2v) is 5.80. The van der Waals surface area contributed by atoms with Crippen LogP contribution in [0.1, 0.15) is 12.6 Å². The minimum Gasteiger partial charge on any atom is -0.365 e. The summed E-state index contributed by atoms with van der Waals surface area (Å²) >= 11 is 0. The van der Waals surface area contributed by atoms with Crippen molar-refractivity contribution in [2.45, 2.75) is 19.4 Å². The predicted molar refractivity (Wildman–Crippen MR) is 67.0 cm³/mol. The summed E-state index contributed by atoms with van der Waals surface area (Å²) in [6.45, 7) is 1.70. The topological polar surface area (TPSA) is 117 Å². The van der Waals surface area contributed by atoms with E-state index in [1.54, 1.807) is 19.1 Å². The molecule has 0 bridgehead atoms. The Morgan fingerprint density at radius 2 is 2.26 bits per heavy atom.